The fourth-order valence-corrected chi connectivity index (χ4v) is 4.30. The van der Waals surface area contributed by atoms with Crippen molar-refractivity contribution >= 4 is 22.7 Å². The Morgan fingerprint density at radius 3 is 2.65 bits per heavy atom. The topological polar surface area (TPSA) is 102 Å². The highest BCUT2D eigenvalue weighted by atomic mass is 16.7. The Kier molecular flexibility index (Phi) is 6.13. The van der Waals surface area contributed by atoms with Crippen LogP contribution >= 0.6 is 0 Å². The molecule has 2 aliphatic rings. The molecule has 2 aliphatic heterocycles. The summed E-state index contributed by atoms with van der Waals surface area (Å²) in [5.41, 5.74) is 0.262. The zero-order chi connectivity index (χ0) is 22.0. The van der Waals surface area contributed by atoms with Crippen LogP contribution in [0.15, 0.2) is 23.1 Å². The van der Waals surface area contributed by atoms with Crippen LogP contribution in [0.4, 0.5) is 0 Å². The number of hydrogen-bond acceptors (Lipinski definition) is 6. The molecule has 2 aromatic rings. The number of fused-ring (bicyclic) bond motifs is 2. The normalized spacial score (nSPS) is 17.8. The molecule has 0 saturated carbocycles. The van der Waals surface area contributed by atoms with Gasteiger partial charge in [-0.2, -0.15) is 0 Å². The van der Waals surface area contributed by atoms with Gasteiger partial charge in [0.15, 0.2) is 11.5 Å². The summed E-state index contributed by atoms with van der Waals surface area (Å²) in [5.74, 6) is 0.221. The van der Waals surface area contributed by atoms with Crippen LogP contribution in [-0.2, 0) is 11.3 Å². The van der Waals surface area contributed by atoms with E-state index in [1.54, 1.807) is 12.1 Å². The van der Waals surface area contributed by atoms with Gasteiger partial charge in [-0.3, -0.25) is 19.3 Å². The van der Waals surface area contributed by atoms with E-state index in [1.165, 1.54) is 6.20 Å². The number of hydrogen-bond donors (Lipinski definition) is 2. The Morgan fingerprint density at radius 2 is 1.90 bits per heavy atom. The highest BCUT2D eigenvalue weighted by Crippen LogP contribution is 2.35. The molecule has 0 spiro atoms. The lowest BCUT2D eigenvalue weighted by Crippen LogP contribution is -2.44. The highest BCUT2D eigenvalue weighted by Gasteiger charge is 2.24. The summed E-state index contributed by atoms with van der Waals surface area (Å²) in [7, 11) is 0. The zero-order valence-electron chi connectivity index (χ0n) is 17.9. The van der Waals surface area contributed by atoms with E-state index < -0.39 is 11.3 Å². The molecule has 4 rings (SSSR count). The summed E-state index contributed by atoms with van der Waals surface area (Å²) in [4.78, 5) is 40.2. The lowest BCUT2D eigenvalue weighted by molar-refractivity contribution is -0.120. The fourth-order valence-electron chi connectivity index (χ4n) is 4.30. The largest absolute Gasteiger partial charge is 0.454 e. The number of likely N-dealkylation sites (N-methyl/N-ethyl adjacent to an activating group) is 1. The van der Waals surface area contributed by atoms with E-state index in [2.05, 4.69) is 22.5 Å². The number of aromatic nitrogens is 1. The molecule has 1 aromatic carbocycles. The van der Waals surface area contributed by atoms with Gasteiger partial charge >= 0.3 is 0 Å². The van der Waals surface area contributed by atoms with Gasteiger partial charge in [0, 0.05) is 31.4 Å². The predicted octanol–water partition coefficient (Wildman–Crippen LogP) is 1.08. The Hall–Kier alpha value is -3.07. The van der Waals surface area contributed by atoms with Crippen molar-refractivity contribution in [3.05, 3.63) is 34.1 Å². The van der Waals surface area contributed by atoms with Gasteiger partial charge in [-0.05, 0) is 38.9 Å². The maximum Gasteiger partial charge on any atom is 0.257 e. The third-order valence-electron chi connectivity index (χ3n) is 6.01. The Labute approximate surface area is 180 Å². The Morgan fingerprint density at radius 1 is 1.13 bits per heavy atom. The van der Waals surface area contributed by atoms with E-state index in [4.69, 9.17) is 9.47 Å². The van der Waals surface area contributed by atoms with Crippen LogP contribution in [0.5, 0.6) is 11.5 Å². The number of carbonyl (C=O) groups excluding carboxylic acids is 2. The number of likely N-dealkylation sites (tertiary alicyclic amines) is 1. The van der Waals surface area contributed by atoms with E-state index in [0.29, 0.717) is 41.5 Å². The number of amides is 2. The summed E-state index contributed by atoms with van der Waals surface area (Å²) in [6.07, 6.45) is 3.72. The molecule has 166 valence electrons. The summed E-state index contributed by atoms with van der Waals surface area (Å²) < 4.78 is 12.6. The molecule has 9 heteroatoms. The van der Waals surface area contributed by atoms with Crippen molar-refractivity contribution < 1.29 is 19.1 Å². The lowest BCUT2D eigenvalue weighted by Gasteiger charge is -2.22. The lowest BCUT2D eigenvalue weighted by atomic mass is 10.1. The molecular weight excluding hydrogens is 400 g/mol. The standard InChI is InChI=1S/C22H28N4O5/c1-3-25-7-5-6-14(25)10-23-20(27)11-24-22(29)16-12-26(4-2)17-9-19-18(30-13-31-19)8-15(17)21(16)28/h8-9,12,14H,3-7,10-11,13H2,1-2H3,(H,23,27)(H,24,29)/t14-/m1/s1. The molecule has 1 atom stereocenters. The second-order valence-corrected chi connectivity index (χ2v) is 7.79. The smallest absolute Gasteiger partial charge is 0.257 e. The SMILES string of the molecule is CCN1CCC[C@@H]1CNC(=O)CNC(=O)c1cn(CC)c2cc3c(cc2c1=O)OCO3. The van der Waals surface area contributed by atoms with E-state index in [9.17, 15) is 14.4 Å². The van der Waals surface area contributed by atoms with Gasteiger partial charge in [-0.25, -0.2) is 0 Å². The van der Waals surface area contributed by atoms with Crippen molar-refractivity contribution in [2.24, 2.45) is 0 Å². The summed E-state index contributed by atoms with van der Waals surface area (Å²) >= 11 is 0. The molecule has 3 heterocycles. The molecular formula is C22H28N4O5. The monoisotopic (exact) mass is 428 g/mol. The van der Waals surface area contributed by atoms with Crippen LogP contribution in [0.3, 0.4) is 0 Å². The fraction of sp³-hybridized carbons (Fsp3) is 0.500. The van der Waals surface area contributed by atoms with Crippen molar-refractivity contribution in [2.45, 2.75) is 39.3 Å². The number of carbonyl (C=O) groups is 2. The molecule has 0 bridgehead atoms. The van der Waals surface area contributed by atoms with Crippen LogP contribution in [0.1, 0.15) is 37.0 Å². The average molecular weight is 428 g/mol. The van der Waals surface area contributed by atoms with E-state index in [0.717, 1.165) is 25.9 Å². The molecule has 1 saturated heterocycles. The third-order valence-corrected chi connectivity index (χ3v) is 6.01. The molecule has 0 aliphatic carbocycles. The molecule has 9 nitrogen and oxygen atoms in total. The molecule has 2 amide bonds. The summed E-state index contributed by atoms with van der Waals surface area (Å²) in [5, 5.41) is 5.84. The van der Waals surface area contributed by atoms with Crippen molar-refractivity contribution in [1.82, 2.24) is 20.1 Å². The maximum atomic E-state index is 13.0. The second kappa shape index (κ2) is 8.97. The van der Waals surface area contributed by atoms with Crippen LogP contribution in [-0.4, -0.2) is 60.3 Å². The minimum absolute atomic E-state index is 0.00559. The zero-order valence-corrected chi connectivity index (χ0v) is 17.9. The molecule has 31 heavy (non-hydrogen) atoms. The first kappa shape index (κ1) is 21.2. The summed E-state index contributed by atoms with van der Waals surface area (Å²) in [6.45, 7) is 7.10. The van der Waals surface area contributed by atoms with E-state index >= 15 is 0 Å². The van der Waals surface area contributed by atoms with E-state index in [1.807, 2.05) is 11.5 Å². The van der Waals surface area contributed by atoms with Gasteiger partial charge in [0.2, 0.25) is 18.1 Å². The average Bonchev–Trinajstić information content (AvgIpc) is 3.43. The van der Waals surface area contributed by atoms with Crippen molar-refractivity contribution in [2.75, 3.05) is 33.0 Å². The van der Waals surface area contributed by atoms with Gasteiger partial charge in [0.1, 0.15) is 5.56 Å². The van der Waals surface area contributed by atoms with Gasteiger partial charge < -0.3 is 24.7 Å². The Bertz CT molecular complexity index is 1060. The number of nitrogens with one attached hydrogen (secondary N) is 2. The molecule has 1 fully saturated rings. The number of pyridine rings is 1. The highest BCUT2D eigenvalue weighted by molar-refractivity contribution is 5.99. The van der Waals surface area contributed by atoms with Gasteiger partial charge in [-0.1, -0.05) is 6.92 Å². The van der Waals surface area contributed by atoms with Crippen molar-refractivity contribution in [1.29, 1.82) is 0 Å². The number of nitrogens with zero attached hydrogens (tertiary/aromatic N) is 2. The van der Waals surface area contributed by atoms with Gasteiger partial charge in [-0.15, -0.1) is 0 Å². The van der Waals surface area contributed by atoms with Crippen LogP contribution in [0.2, 0.25) is 0 Å². The third kappa shape index (κ3) is 4.23. The molecule has 0 unspecified atom stereocenters. The number of benzene rings is 1. The first-order valence-corrected chi connectivity index (χ1v) is 10.8. The Balaban J connectivity index is 1.45. The first-order valence-electron chi connectivity index (χ1n) is 10.8. The van der Waals surface area contributed by atoms with Crippen molar-refractivity contribution in [3.63, 3.8) is 0 Å². The number of aryl methyl sites for hydroxylation is 1. The maximum absolute atomic E-state index is 13.0. The predicted molar refractivity (Wildman–Crippen MR) is 116 cm³/mol. The molecule has 2 N–H and O–H groups in total. The second-order valence-electron chi connectivity index (χ2n) is 7.79. The first-order chi connectivity index (χ1) is 15.0. The molecule has 0 radical (unpaired) electrons. The molecule has 1 aromatic heterocycles. The minimum Gasteiger partial charge on any atom is -0.454 e. The quantitative estimate of drug-likeness (QED) is 0.684. The van der Waals surface area contributed by atoms with Crippen LogP contribution in [0, 0.1) is 0 Å². The summed E-state index contributed by atoms with van der Waals surface area (Å²) in [6, 6.07) is 3.70. The minimum atomic E-state index is -0.571. The number of rotatable bonds is 7. The van der Waals surface area contributed by atoms with Gasteiger partial charge in [0.25, 0.3) is 5.91 Å². The van der Waals surface area contributed by atoms with E-state index in [-0.39, 0.29) is 24.8 Å². The van der Waals surface area contributed by atoms with Crippen molar-refractivity contribution in [3.8, 4) is 11.5 Å². The number of ether oxygens (including phenoxy) is 2. The van der Waals surface area contributed by atoms with Crippen LogP contribution in [0.25, 0.3) is 10.9 Å². The van der Waals surface area contributed by atoms with Crippen LogP contribution < -0.4 is 25.5 Å². The van der Waals surface area contributed by atoms with Gasteiger partial charge in [0.05, 0.1) is 17.4 Å².